The van der Waals surface area contributed by atoms with Crippen LogP contribution >= 0.6 is 0 Å². The molecule has 34 heavy (non-hydrogen) atoms. The normalized spacial score (nSPS) is 12.2. The van der Waals surface area contributed by atoms with Crippen LogP contribution in [0, 0.1) is 0 Å². The molecule has 0 bridgehead atoms. The van der Waals surface area contributed by atoms with Crippen molar-refractivity contribution >= 4 is 23.8 Å². The Bertz CT molecular complexity index is 1140. The van der Waals surface area contributed by atoms with Gasteiger partial charge >= 0.3 is 12.1 Å². The second kappa shape index (κ2) is 11.1. The van der Waals surface area contributed by atoms with Crippen molar-refractivity contribution in [1.29, 1.82) is 0 Å². The maximum atomic E-state index is 13.2. The van der Waals surface area contributed by atoms with Crippen molar-refractivity contribution in [3.63, 3.8) is 0 Å². The molecule has 9 heteroatoms. The Morgan fingerprint density at radius 2 is 1.62 bits per heavy atom. The summed E-state index contributed by atoms with van der Waals surface area (Å²) in [5.41, 5.74) is -0.453. The van der Waals surface area contributed by atoms with Gasteiger partial charge in [-0.2, -0.15) is 23.3 Å². The maximum absolute atomic E-state index is 13.2. The van der Waals surface area contributed by atoms with E-state index in [2.05, 4.69) is 5.10 Å². The Kier molecular flexibility index (Phi) is 8.02. The number of carbonyl (C=O) groups is 2. The second-order valence-corrected chi connectivity index (χ2v) is 7.09. The van der Waals surface area contributed by atoms with Crippen LogP contribution in [0.1, 0.15) is 18.1 Å². The molecule has 0 spiro atoms. The van der Waals surface area contributed by atoms with Crippen LogP contribution in [0.5, 0.6) is 5.75 Å². The van der Waals surface area contributed by atoms with E-state index in [9.17, 15) is 22.8 Å². The average molecular weight is 470 g/mol. The predicted octanol–water partition coefficient (Wildman–Crippen LogP) is 5.08. The summed E-state index contributed by atoms with van der Waals surface area (Å²) in [6, 6.07) is 21.4. The molecule has 0 aromatic heterocycles. The number of nitrogens with zero attached hydrogens (tertiary/aromatic N) is 2. The number of hydrazone groups is 1. The third kappa shape index (κ3) is 6.93. The first-order chi connectivity index (χ1) is 16.2. The molecule has 0 heterocycles. The summed E-state index contributed by atoms with van der Waals surface area (Å²) in [6.45, 7) is 0.710. The van der Waals surface area contributed by atoms with Gasteiger partial charge in [0.05, 0.1) is 17.5 Å². The van der Waals surface area contributed by atoms with Gasteiger partial charge in [-0.05, 0) is 42.8 Å². The molecule has 0 saturated carbocycles. The SMILES string of the molecule is CC(Oc1ccccc1)C(=O)OCC(=O)N(/N=C/c1ccccc1)c1cccc(C(F)(F)F)c1. The Labute approximate surface area is 194 Å². The largest absolute Gasteiger partial charge is 0.479 e. The number of halogens is 3. The zero-order valence-electron chi connectivity index (χ0n) is 18.1. The third-order valence-electron chi connectivity index (χ3n) is 4.50. The number of hydrogen-bond donors (Lipinski definition) is 0. The van der Waals surface area contributed by atoms with E-state index in [1.807, 2.05) is 0 Å². The third-order valence-corrected chi connectivity index (χ3v) is 4.50. The summed E-state index contributed by atoms with van der Waals surface area (Å²) in [7, 11) is 0. The number of para-hydroxylation sites is 1. The minimum Gasteiger partial charge on any atom is -0.479 e. The second-order valence-electron chi connectivity index (χ2n) is 7.09. The number of amides is 1. The quantitative estimate of drug-likeness (QED) is 0.262. The molecule has 1 atom stereocenters. The number of carbonyl (C=O) groups excluding carboxylic acids is 2. The van der Waals surface area contributed by atoms with Gasteiger partial charge in [-0.3, -0.25) is 4.79 Å². The molecule has 3 aromatic carbocycles. The molecule has 3 rings (SSSR count). The van der Waals surface area contributed by atoms with Crippen LogP contribution in [-0.4, -0.2) is 30.8 Å². The van der Waals surface area contributed by atoms with Gasteiger partial charge in [-0.25, -0.2) is 4.79 Å². The molecule has 0 saturated heterocycles. The fourth-order valence-electron chi connectivity index (χ4n) is 2.82. The first kappa shape index (κ1) is 24.5. The molecule has 0 aliphatic carbocycles. The molecule has 3 aromatic rings. The Morgan fingerprint density at radius 3 is 2.26 bits per heavy atom. The molecule has 1 amide bonds. The molecule has 0 fully saturated rings. The lowest BCUT2D eigenvalue weighted by Crippen LogP contribution is -2.34. The number of benzene rings is 3. The lowest BCUT2D eigenvalue weighted by molar-refractivity contribution is -0.154. The highest BCUT2D eigenvalue weighted by molar-refractivity contribution is 5.97. The molecule has 0 N–H and O–H groups in total. The van der Waals surface area contributed by atoms with E-state index >= 15 is 0 Å². The van der Waals surface area contributed by atoms with Gasteiger partial charge in [0.1, 0.15) is 5.75 Å². The molecule has 1 unspecified atom stereocenters. The molecular formula is C25H21F3N2O4. The first-order valence-corrected chi connectivity index (χ1v) is 10.2. The van der Waals surface area contributed by atoms with Crippen molar-refractivity contribution in [3.8, 4) is 5.75 Å². The van der Waals surface area contributed by atoms with Crippen molar-refractivity contribution in [2.24, 2.45) is 5.10 Å². The van der Waals surface area contributed by atoms with Gasteiger partial charge in [0.25, 0.3) is 5.91 Å². The number of rotatable bonds is 8. The van der Waals surface area contributed by atoms with Gasteiger partial charge in [0, 0.05) is 0 Å². The van der Waals surface area contributed by atoms with Crippen molar-refractivity contribution < 1.29 is 32.2 Å². The minimum absolute atomic E-state index is 0.128. The number of ether oxygens (including phenoxy) is 2. The number of hydrogen-bond acceptors (Lipinski definition) is 5. The van der Waals surface area contributed by atoms with Crippen LogP contribution in [0.25, 0.3) is 0 Å². The van der Waals surface area contributed by atoms with Crippen LogP contribution in [0.4, 0.5) is 18.9 Å². The Morgan fingerprint density at radius 1 is 0.971 bits per heavy atom. The standard InChI is InChI=1S/C25H21F3N2O4/c1-18(34-22-13-6-3-7-14-22)24(32)33-17-23(31)30(29-16-19-9-4-2-5-10-19)21-12-8-11-20(15-21)25(26,27)28/h2-16,18H,17H2,1H3/b29-16+. The van der Waals surface area contributed by atoms with Crippen LogP contribution in [0.2, 0.25) is 0 Å². The van der Waals surface area contributed by atoms with Crippen LogP contribution < -0.4 is 9.75 Å². The smallest absolute Gasteiger partial charge is 0.416 e. The fraction of sp³-hybridized carbons (Fsp3) is 0.160. The lowest BCUT2D eigenvalue weighted by atomic mass is 10.2. The Hall–Kier alpha value is -4.14. The fourth-order valence-corrected chi connectivity index (χ4v) is 2.82. The zero-order valence-corrected chi connectivity index (χ0v) is 18.1. The van der Waals surface area contributed by atoms with Crippen LogP contribution in [0.15, 0.2) is 90.0 Å². The highest BCUT2D eigenvalue weighted by Crippen LogP contribution is 2.31. The summed E-state index contributed by atoms with van der Waals surface area (Å²) < 4.78 is 50.0. The minimum atomic E-state index is -4.61. The highest BCUT2D eigenvalue weighted by atomic mass is 19.4. The van der Waals surface area contributed by atoms with E-state index in [1.165, 1.54) is 19.2 Å². The van der Waals surface area contributed by atoms with Gasteiger partial charge < -0.3 is 9.47 Å². The summed E-state index contributed by atoms with van der Waals surface area (Å²) in [4.78, 5) is 25.1. The summed E-state index contributed by atoms with van der Waals surface area (Å²) in [6.07, 6.45) is -4.30. The lowest BCUT2D eigenvalue weighted by Gasteiger charge is -2.19. The number of esters is 1. The molecule has 6 nitrogen and oxygen atoms in total. The first-order valence-electron chi connectivity index (χ1n) is 10.2. The molecule has 0 radical (unpaired) electrons. The molecular weight excluding hydrogens is 449 g/mol. The van der Waals surface area contributed by atoms with Gasteiger partial charge in [0.2, 0.25) is 0 Å². The maximum Gasteiger partial charge on any atom is 0.416 e. The van der Waals surface area contributed by atoms with E-state index in [4.69, 9.17) is 9.47 Å². The highest BCUT2D eigenvalue weighted by Gasteiger charge is 2.31. The van der Waals surface area contributed by atoms with Crippen LogP contribution in [0.3, 0.4) is 0 Å². The average Bonchev–Trinajstić information content (AvgIpc) is 2.83. The predicted molar refractivity (Wildman–Crippen MR) is 120 cm³/mol. The monoisotopic (exact) mass is 470 g/mol. The molecule has 0 aliphatic heterocycles. The molecule has 0 aliphatic rings. The number of alkyl halides is 3. The van der Waals surface area contributed by atoms with Crippen LogP contribution in [-0.2, 0) is 20.5 Å². The zero-order chi connectivity index (χ0) is 24.6. The number of anilines is 1. The van der Waals surface area contributed by atoms with E-state index in [-0.39, 0.29) is 5.69 Å². The summed E-state index contributed by atoms with van der Waals surface area (Å²) in [5.74, 6) is -1.21. The van der Waals surface area contributed by atoms with Crippen molar-refractivity contribution in [3.05, 3.63) is 96.1 Å². The van der Waals surface area contributed by atoms with Gasteiger partial charge in [0.15, 0.2) is 12.7 Å². The van der Waals surface area contributed by atoms with E-state index in [0.29, 0.717) is 11.3 Å². The molecule has 176 valence electrons. The summed E-state index contributed by atoms with van der Waals surface area (Å²) >= 11 is 0. The van der Waals surface area contributed by atoms with Gasteiger partial charge in [-0.15, -0.1) is 0 Å². The summed E-state index contributed by atoms with van der Waals surface area (Å²) in [5, 5.41) is 4.81. The van der Waals surface area contributed by atoms with E-state index in [1.54, 1.807) is 60.7 Å². The van der Waals surface area contributed by atoms with Crippen molar-refractivity contribution in [1.82, 2.24) is 0 Å². The topological polar surface area (TPSA) is 68.2 Å². The van der Waals surface area contributed by atoms with Gasteiger partial charge in [-0.1, -0.05) is 54.6 Å². The Balaban J connectivity index is 1.75. The van der Waals surface area contributed by atoms with E-state index in [0.717, 1.165) is 23.2 Å². The van der Waals surface area contributed by atoms with Crippen molar-refractivity contribution in [2.75, 3.05) is 11.6 Å². The van der Waals surface area contributed by atoms with E-state index < -0.39 is 36.3 Å². The van der Waals surface area contributed by atoms with Crippen molar-refractivity contribution in [2.45, 2.75) is 19.2 Å².